The van der Waals surface area contributed by atoms with Crippen LogP contribution in [0.1, 0.15) is 62.2 Å². The third kappa shape index (κ3) is 9.68. The maximum Gasteiger partial charge on any atom is 0.333 e. The summed E-state index contributed by atoms with van der Waals surface area (Å²) in [5, 5.41) is 36.1. The summed E-state index contributed by atoms with van der Waals surface area (Å²) in [6.07, 6.45) is 5.70. The Morgan fingerprint density at radius 3 is 2.21 bits per heavy atom. The number of aromatic nitrogens is 1. The van der Waals surface area contributed by atoms with E-state index in [0.717, 1.165) is 60.2 Å². The molecule has 3 aromatic rings. The number of benzene rings is 2. The van der Waals surface area contributed by atoms with Crippen molar-refractivity contribution in [2.75, 3.05) is 27.2 Å². The Hall–Kier alpha value is -3.73. The van der Waals surface area contributed by atoms with Gasteiger partial charge in [0.05, 0.1) is 39.9 Å². The van der Waals surface area contributed by atoms with E-state index in [2.05, 4.69) is 19.1 Å². The molecule has 0 radical (unpaired) electrons. The Kier molecular flexibility index (Phi) is 12.1. The van der Waals surface area contributed by atoms with Crippen LogP contribution < -0.4 is 4.74 Å². The second kappa shape index (κ2) is 15.5. The summed E-state index contributed by atoms with van der Waals surface area (Å²) in [5.41, 5.74) is -0.308. The molecule has 0 spiro atoms. The molecular weight excluding hydrogens is 540 g/mol. The van der Waals surface area contributed by atoms with Gasteiger partial charge in [-0.2, -0.15) is 0 Å². The van der Waals surface area contributed by atoms with Gasteiger partial charge in [0, 0.05) is 12.3 Å². The van der Waals surface area contributed by atoms with Crippen LogP contribution >= 0.6 is 0 Å². The topological polar surface area (TPSA) is 150 Å². The van der Waals surface area contributed by atoms with Gasteiger partial charge in [-0.05, 0) is 30.5 Å². The Labute approximate surface area is 246 Å². The SMILES string of the molecule is C[N+](C)(CCCOc1ccccc1)Cc1cnc(C(O)(c2ccccc2)C2CCCCC2)o1.O=C(O)CC(O)C(=O)O. The quantitative estimate of drug-likeness (QED) is 0.169. The van der Waals surface area contributed by atoms with Crippen molar-refractivity contribution in [1.29, 1.82) is 0 Å². The summed E-state index contributed by atoms with van der Waals surface area (Å²) in [6, 6.07) is 19.8. The van der Waals surface area contributed by atoms with Crippen molar-refractivity contribution in [2.45, 2.75) is 63.2 Å². The molecule has 10 nitrogen and oxygen atoms in total. The standard InChI is InChI=1S/C28H37N2O3.C4H6O5/c1-30(2,19-12-20-32-25-17-10-5-11-18-25)22-26-21-29-27(33-26)28(31,23-13-6-3-7-14-23)24-15-8-4-9-16-24;5-2(4(8)9)1-3(6)7/h3,5-7,10-11,13-14,17-18,21,24,31H,4,8-9,12,15-16,19-20,22H2,1-2H3;2,5H,1H2,(H,6,7)(H,8,9)/q+1;. The first-order valence-corrected chi connectivity index (χ1v) is 14.4. The summed E-state index contributed by atoms with van der Waals surface area (Å²) in [5.74, 6) is -0.571. The number of aliphatic carboxylic acids is 2. The maximum atomic E-state index is 12.0. The van der Waals surface area contributed by atoms with Crippen molar-refractivity contribution < 1.29 is 43.7 Å². The number of oxazole rings is 1. The van der Waals surface area contributed by atoms with Crippen LogP contribution in [0.2, 0.25) is 0 Å². The molecule has 0 aliphatic heterocycles. The number of rotatable bonds is 13. The average molecular weight is 584 g/mol. The zero-order valence-electron chi connectivity index (χ0n) is 24.4. The Morgan fingerprint density at radius 1 is 1.02 bits per heavy atom. The highest BCUT2D eigenvalue weighted by molar-refractivity contribution is 5.79. The monoisotopic (exact) mass is 583 g/mol. The average Bonchev–Trinajstić information content (AvgIpc) is 3.44. The predicted molar refractivity (Wildman–Crippen MR) is 156 cm³/mol. The summed E-state index contributed by atoms with van der Waals surface area (Å²) in [6.45, 7) is 2.35. The molecule has 1 heterocycles. The van der Waals surface area contributed by atoms with E-state index in [1.165, 1.54) is 6.42 Å². The Bertz CT molecular complexity index is 1240. The largest absolute Gasteiger partial charge is 0.493 e. The third-order valence-electron chi connectivity index (χ3n) is 7.45. The highest BCUT2D eigenvalue weighted by Gasteiger charge is 2.44. The lowest BCUT2D eigenvalue weighted by Crippen LogP contribution is -2.40. The van der Waals surface area contributed by atoms with Gasteiger partial charge in [-0.3, -0.25) is 4.79 Å². The van der Waals surface area contributed by atoms with Crippen molar-refractivity contribution in [1.82, 2.24) is 4.98 Å². The molecular formula is C32H43N2O8+. The molecule has 1 saturated carbocycles. The van der Waals surface area contributed by atoms with Gasteiger partial charge in [0.2, 0.25) is 5.89 Å². The van der Waals surface area contributed by atoms with E-state index in [1.54, 1.807) is 6.20 Å². The first-order chi connectivity index (χ1) is 20.0. The maximum absolute atomic E-state index is 12.0. The van der Waals surface area contributed by atoms with Crippen LogP contribution in [-0.4, -0.2) is 75.2 Å². The third-order valence-corrected chi connectivity index (χ3v) is 7.45. The van der Waals surface area contributed by atoms with E-state index >= 15 is 0 Å². The number of quaternary nitrogens is 1. The summed E-state index contributed by atoms with van der Waals surface area (Å²) < 4.78 is 12.9. The number of carboxylic acids is 2. The molecule has 42 heavy (non-hydrogen) atoms. The fourth-order valence-corrected chi connectivity index (χ4v) is 5.26. The lowest BCUT2D eigenvalue weighted by molar-refractivity contribution is -0.904. The van der Waals surface area contributed by atoms with Crippen LogP contribution in [0, 0.1) is 5.92 Å². The van der Waals surface area contributed by atoms with Gasteiger partial charge in [-0.25, -0.2) is 9.78 Å². The van der Waals surface area contributed by atoms with Gasteiger partial charge in [-0.15, -0.1) is 0 Å². The van der Waals surface area contributed by atoms with Crippen molar-refractivity contribution >= 4 is 11.9 Å². The summed E-state index contributed by atoms with van der Waals surface area (Å²) >= 11 is 0. The number of para-hydroxylation sites is 1. The minimum Gasteiger partial charge on any atom is -0.493 e. The first kappa shape index (κ1) is 32.8. The van der Waals surface area contributed by atoms with Gasteiger partial charge in [0.1, 0.15) is 12.3 Å². The van der Waals surface area contributed by atoms with Crippen LogP contribution in [0.5, 0.6) is 5.75 Å². The molecule has 0 bridgehead atoms. The lowest BCUT2D eigenvalue weighted by atomic mass is 9.73. The number of aliphatic hydroxyl groups is 2. The number of carboxylic acid groups (broad SMARTS) is 2. The number of ether oxygens (including phenoxy) is 1. The van der Waals surface area contributed by atoms with E-state index in [-0.39, 0.29) is 5.92 Å². The molecule has 1 aliphatic carbocycles. The van der Waals surface area contributed by atoms with Crippen LogP contribution in [0.25, 0.3) is 0 Å². The molecule has 4 N–H and O–H groups in total. The molecule has 2 unspecified atom stereocenters. The molecule has 4 rings (SSSR count). The van der Waals surface area contributed by atoms with Crippen LogP contribution in [0.4, 0.5) is 0 Å². The van der Waals surface area contributed by atoms with E-state index < -0.39 is 30.1 Å². The summed E-state index contributed by atoms with van der Waals surface area (Å²) in [7, 11) is 4.38. The second-order valence-electron chi connectivity index (χ2n) is 11.4. The first-order valence-electron chi connectivity index (χ1n) is 14.4. The normalized spacial score (nSPS) is 16.0. The number of carbonyl (C=O) groups is 2. The molecule has 1 aromatic heterocycles. The smallest absolute Gasteiger partial charge is 0.333 e. The molecule has 2 aromatic carbocycles. The molecule has 1 fully saturated rings. The number of hydrogen-bond donors (Lipinski definition) is 4. The highest BCUT2D eigenvalue weighted by Crippen LogP contribution is 2.43. The fraction of sp³-hybridized carbons (Fsp3) is 0.469. The lowest BCUT2D eigenvalue weighted by Gasteiger charge is -2.36. The van der Waals surface area contributed by atoms with Crippen LogP contribution in [0.15, 0.2) is 71.3 Å². The van der Waals surface area contributed by atoms with Gasteiger partial charge in [0.15, 0.2) is 17.5 Å². The summed E-state index contributed by atoms with van der Waals surface area (Å²) in [4.78, 5) is 24.0. The van der Waals surface area contributed by atoms with Crippen LogP contribution in [0.3, 0.4) is 0 Å². The van der Waals surface area contributed by atoms with E-state index in [9.17, 15) is 14.7 Å². The van der Waals surface area contributed by atoms with Crippen molar-refractivity contribution in [3.05, 3.63) is 84.1 Å². The minimum absolute atomic E-state index is 0.123. The van der Waals surface area contributed by atoms with Crippen molar-refractivity contribution in [3.63, 3.8) is 0 Å². The van der Waals surface area contributed by atoms with Crippen molar-refractivity contribution in [3.8, 4) is 5.75 Å². The second-order valence-corrected chi connectivity index (χ2v) is 11.4. The number of aliphatic hydroxyl groups excluding tert-OH is 1. The minimum atomic E-state index is -1.79. The van der Waals surface area contributed by atoms with Crippen LogP contribution in [-0.2, 0) is 21.7 Å². The molecule has 228 valence electrons. The number of nitrogens with zero attached hydrogens (tertiary/aromatic N) is 2. The van der Waals surface area contributed by atoms with Gasteiger partial charge < -0.3 is 34.1 Å². The molecule has 0 saturated heterocycles. The zero-order valence-corrected chi connectivity index (χ0v) is 24.4. The fourth-order valence-electron chi connectivity index (χ4n) is 5.26. The molecule has 10 heteroatoms. The molecule has 0 amide bonds. The number of hydrogen-bond acceptors (Lipinski definition) is 7. The van der Waals surface area contributed by atoms with Crippen molar-refractivity contribution in [2.24, 2.45) is 5.92 Å². The Morgan fingerprint density at radius 2 is 1.64 bits per heavy atom. The van der Waals surface area contributed by atoms with Gasteiger partial charge in [0.25, 0.3) is 0 Å². The van der Waals surface area contributed by atoms with E-state index in [0.29, 0.717) is 19.0 Å². The Balaban J connectivity index is 0.000000467. The highest BCUT2D eigenvalue weighted by atomic mass is 16.5. The predicted octanol–water partition coefficient (Wildman–Crippen LogP) is 4.44. The van der Waals surface area contributed by atoms with E-state index in [4.69, 9.17) is 24.5 Å². The molecule has 2 atom stereocenters. The zero-order chi connectivity index (χ0) is 30.6. The van der Waals surface area contributed by atoms with E-state index in [1.807, 2.05) is 60.7 Å². The molecule has 1 aliphatic rings. The van der Waals surface area contributed by atoms with Gasteiger partial charge in [-0.1, -0.05) is 67.8 Å². The van der Waals surface area contributed by atoms with Gasteiger partial charge >= 0.3 is 11.9 Å².